The molecule has 2 N–H and O–H groups in total. The number of aromatic nitrogens is 3. The third kappa shape index (κ3) is 3.19. The Morgan fingerprint density at radius 3 is 3.12 bits per heavy atom. The van der Waals surface area contributed by atoms with E-state index >= 15 is 0 Å². The fourth-order valence-electron chi connectivity index (χ4n) is 3.79. The Morgan fingerprint density at radius 2 is 2.17 bits per heavy atom. The van der Waals surface area contributed by atoms with Crippen LogP contribution in [-0.4, -0.2) is 33.3 Å². The van der Waals surface area contributed by atoms with Crippen molar-refractivity contribution in [1.82, 2.24) is 25.4 Å². The number of nitrogens with one attached hydrogen (secondary N) is 2. The fourth-order valence-corrected chi connectivity index (χ4v) is 3.79. The highest BCUT2D eigenvalue weighted by Gasteiger charge is 2.23. The maximum absolute atomic E-state index is 12.4. The summed E-state index contributed by atoms with van der Waals surface area (Å²) in [7, 11) is 0. The predicted octanol–water partition coefficient (Wildman–Crippen LogP) is 1.38. The van der Waals surface area contributed by atoms with Crippen molar-refractivity contribution in [1.29, 1.82) is 0 Å². The largest absolute Gasteiger partial charge is 0.348 e. The molecule has 0 fully saturated rings. The molecular weight excluding hydrogens is 302 g/mol. The monoisotopic (exact) mass is 325 g/mol. The van der Waals surface area contributed by atoms with E-state index in [1.54, 1.807) is 6.33 Å². The zero-order valence-electron chi connectivity index (χ0n) is 13.7. The molecule has 2 aliphatic rings. The Hall–Kier alpha value is -2.21. The Balaban J connectivity index is 1.30. The van der Waals surface area contributed by atoms with Crippen LogP contribution in [-0.2, 0) is 24.2 Å². The lowest BCUT2D eigenvalue weighted by Crippen LogP contribution is -2.44. The molecule has 2 atom stereocenters. The van der Waals surface area contributed by atoms with Gasteiger partial charge in [0.05, 0.1) is 19.1 Å². The van der Waals surface area contributed by atoms with Gasteiger partial charge in [0.2, 0.25) is 5.91 Å². The number of fused-ring (bicyclic) bond motifs is 2. The molecule has 1 aliphatic carbocycles. The van der Waals surface area contributed by atoms with Gasteiger partial charge in [-0.2, -0.15) is 5.10 Å². The Bertz CT molecular complexity index is 726. The average Bonchev–Trinajstić information content (AvgIpc) is 3.08. The van der Waals surface area contributed by atoms with Gasteiger partial charge in [-0.25, -0.2) is 9.67 Å². The minimum atomic E-state index is 0.0705. The molecular formula is C18H23N5O. The second-order valence-corrected chi connectivity index (χ2v) is 6.69. The highest BCUT2D eigenvalue weighted by Crippen LogP contribution is 2.29. The van der Waals surface area contributed by atoms with E-state index in [9.17, 15) is 4.79 Å². The summed E-state index contributed by atoms with van der Waals surface area (Å²) in [4.78, 5) is 16.6. The molecule has 0 bridgehead atoms. The molecule has 6 heteroatoms. The van der Waals surface area contributed by atoms with E-state index in [-0.39, 0.29) is 18.0 Å². The Morgan fingerprint density at radius 1 is 1.25 bits per heavy atom. The van der Waals surface area contributed by atoms with Crippen molar-refractivity contribution in [2.75, 3.05) is 6.54 Å². The maximum Gasteiger partial charge on any atom is 0.234 e. The molecule has 6 nitrogen and oxygen atoms in total. The van der Waals surface area contributed by atoms with Crippen LogP contribution in [0.15, 0.2) is 30.6 Å². The van der Waals surface area contributed by atoms with Gasteiger partial charge in [0.15, 0.2) is 0 Å². The van der Waals surface area contributed by atoms with Crippen LogP contribution in [0.5, 0.6) is 0 Å². The molecule has 126 valence electrons. The molecule has 1 aromatic heterocycles. The second kappa shape index (κ2) is 6.73. The predicted molar refractivity (Wildman–Crippen MR) is 90.4 cm³/mol. The minimum absolute atomic E-state index is 0.0705. The quantitative estimate of drug-likeness (QED) is 0.891. The number of carbonyl (C=O) groups excluding carboxylic acids is 1. The lowest BCUT2D eigenvalue weighted by Gasteiger charge is -2.27. The van der Waals surface area contributed by atoms with E-state index in [1.165, 1.54) is 11.1 Å². The lowest BCUT2D eigenvalue weighted by atomic mass is 9.88. The van der Waals surface area contributed by atoms with Gasteiger partial charge in [0, 0.05) is 12.5 Å². The molecule has 0 saturated heterocycles. The number of nitrogens with zero attached hydrogens (tertiary/aromatic N) is 3. The highest BCUT2D eigenvalue weighted by molar-refractivity contribution is 5.78. The summed E-state index contributed by atoms with van der Waals surface area (Å²) in [6.07, 6.45) is 6.78. The smallest absolute Gasteiger partial charge is 0.234 e. The molecule has 2 unspecified atom stereocenters. The lowest BCUT2D eigenvalue weighted by molar-refractivity contribution is -0.121. The zero-order chi connectivity index (χ0) is 16.4. The first-order valence-electron chi connectivity index (χ1n) is 8.77. The van der Waals surface area contributed by atoms with Crippen molar-refractivity contribution in [3.8, 4) is 0 Å². The number of carbonyl (C=O) groups is 1. The molecule has 2 heterocycles. The van der Waals surface area contributed by atoms with Crippen molar-refractivity contribution in [3.63, 3.8) is 0 Å². The summed E-state index contributed by atoms with van der Waals surface area (Å²) in [5, 5.41) is 10.8. The van der Waals surface area contributed by atoms with E-state index in [0.29, 0.717) is 6.54 Å². The van der Waals surface area contributed by atoms with Gasteiger partial charge in [-0.3, -0.25) is 4.79 Å². The van der Waals surface area contributed by atoms with Gasteiger partial charge in [-0.1, -0.05) is 24.3 Å². The summed E-state index contributed by atoms with van der Waals surface area (Å²) in [5.41, 5.74) is 2.65. The van der Waals surface area contributed by atoms with Gasteiger partial charge >= 0.3 is 0 Å². The van der Waals surface area contributed by atoms with Crippen LogP contribution in [0.25, 0.3) is 0 Å². The topological polar surface area (TPSA) is 71.8 Å². The van der Waals surface area contributed by atoms with Crippen molar-refractivity contribution in [3.05, 3.63) is 47.5 Å². The number of amides is 1. The number of benzene rings is 1. The van der Waals surface area contributed by atoms with Crippen LogP contribution in [0, 0.1) is 0 Å². The van der Waals surface area contributed by atoms with Crippen LogP contribution in [0.3, 0.4) is 0 Å². The summed E-state index contributed by atoms with van der Waals surface area (Å²) < 4.78 is 1.93. The van der Waals surface area contributed by atoms with Crippen LogP contribution in [0.2, 0.25) is 0 Å². The zero-order valence-corrected chi connectivity index (χ0v) is 13.7. The van der Waals surface area contributed by atoms with E-state index in [1.807, 2.05) is 4.68 Å². The molecule has 1 amide bonds. The Kier molecular flexibility index (Phi) is 4.30. The number of aryl methyl sites for hydroxylation is 2. The molecule has 0 radical (unpaired) electrons. The van der Waals surface area contributed by atoms with Gasteiger partial charge in [0.1, 0.15) is 12.2 Å². The van der Waals surface area contributed by atoms with Gasteiger partial charge in [0.25, 0.3) is 0 Å². The number of hydrogen-bond acceptors (Lipinski definition) is 4. The molecule has 0 saturated carbocycles. The van der Waals surface area contributed by atoms with Crippen molar-refractivity contribution in [2.45, 2.75) is 50.7 Å². The number of hydrogen-bond donors (Lipinski definition) is 2. The highest BCUT2D eigenvalue weighted by atomic mass is 16.2. The SMILES string of the molecule is O=C(CNC1CCc2ncnn2C1)NC1CCCc2ccccc21. The summed E-state index contributed by atoms with van der Waals surface area (Å²) >= 11 is 0. The normalized spacial score (nSPS) is 22.5. The minimum Gasteiger partial charge on any atom is -0.348 e. The van der Waals surface area contributed by atoms with Crippen LogP contribution in [0.4, 0.5) is 0 Å². The van der Waals surface area contributed by atoms with Crippen LogP contribution in [0.1, 0.15) is 42.3 Å². The van der Waals surface area contributed by atoms with E-state index in [4.69, 9.17) is 0 Å². The number of rotatable bonds is 4. The first-order valence-corrected chi connectivity index (χ1v) is 8.77. The molecule has 2 aromatic rings. The molecule has 0 spiro atoms. The summed E-state index contributed by atoms with van der Waals surface area (Å²) in [6, 6.07) is 8.87. The molecule has 24 heavy (non-hydrogen) atoms. The summed E-state index contributed by atoms with van der Waals surface area (Å²) in [6.45, 7) is 1.14. The third-order valence-electron chi connectivity index (χ3n) is 5.06. The van der Waals surface area contributed by atoms with Crippen molar-refractivity contribution >= 4 is 5.91 Å². The van der Waals surface area contributed by atoms with Crippen molar-refractivity contribution in [2.24, 2.45) is 0 Å². The van der Waals surface area contributed by atoms with Crippen LogP contribution < -0.4 is 10.6 Å². The standard InChI is InChI=1S/C18H23N5O/c24-18(10-19-14-8-9-17-20-12-21-23(17)11-14)22-16-7-3-5-13-4-1-2-6-15(13)16/h1-2,4,6,12,14,16,19H,3,5,7-11H2,(H,22,24). The van der Waals surface area contributed by atoms with Crippen molar-refractivity contribution < 1.29 is 4.79 Å². The van der Waals surface area contributed by atoms with E-state index in [2.05, 4.69) is 45.0 Å². The maximum atomic E-state index is 12.4. The molecule has 1 aromatic carbocycles. The second-order valence-electron chi connectivity index (χ2n) is 6.69. The molecule has 4 rings (SSSR count). The van der Waals surface area contributed by atoms with Crippen LogP contribution >= 0.6 is 0 Å². The third-order valence-corrected chi connectivity index (χ3v) is 5.06. The van der Waals surface area contributed by atoms with E-state index < -0.39 is 0 Å². The first kappa shape index (κ1) is 15.3. The average molecular weight is 325 g/mol. The summed E-state index contributed by atoms with van der Waals surface area (Å²) in [5.74, 6) is 1.11. The Labute approximate surface area is 141 Å². The van der Waals surface area contributed by atoms with Gasteiger partial charge in [-0.15, -0.1) is 0 Å². The fraction of sp³-hybridized carbons (Fsp3) is 0.500. The van der Waals surface area contributed by atoms with E-state index in [0.717, 1.165) is 44.5 Å². The first-order chi connectivity index (χ1) is 11.8. The van der Waals surface area contributed by atoms with Gasteiger partial charge < -0.3 is 10.6 Å². The van der Waals surface area contributed by atoms with Gasteiger partial charge in [-0.05, 0) is 36.8 Å². The molecule has 1 aliphatic heterocycles.